The highest BCUT2D eigenvalue weighted by Gasteiger charge is 2.30. The number of benzene rings is 1. The van der Waals surface area contributed by atoms with Crippen LogP contribution in [0.5, 0.6) is 0 Å². The topological polar surface area (TPSA) is 52.3 Å². The van der Waals surface area contributed by atoms with Gasteiger partial charge in [-0.3, -0.25) is 4.79 Å². The Balaban J connectivity index is 2.20. The summed E-state index contributed by atoms with van der Waals surface area (Å²) in [6.45, 7) is 0. The second-order valence-corrected chi connectivity index (χ2v) is 5.85. The Bertz CT molecular complexity index is 667. The molecule has 1 unspecified atom stereocenters. The van der Waals surface area contributed by atoms with Crippen molar-refractivity contribution in [2.45, 2.75) is 18.6 Å². The van der Waals surface area contributed by atoms with Crippen LogP contribution in [0, 0.1) is 0 Å². The van der Waals surface area contributed by atoms with E-state index in [-0.39, 0.29) is 6.42 Å². The van der Waals surface area contributed by atoms with E-state index in [4.69, 9.17) is 5.73 Å². The maximum atomic E-state index is 12.7. The first kappa shape index (κ1) is 16.5. The molecule has 0 aliphatic heterocycles. The van der Waals surface area contributed by atoms with Gasteiger partial charge in [0, 0.05) is 16.2 Å². The van der Waals surface area contributed by atoms with E-state index in [0.717, 1.165) is 17.0 Å². The molecule has 1 aromatic carbocycles. The molecule has 2 N–H and O–H groups in total. The Morgan fingerprint density at radius 1 is 1.32 bits per heavy atom. The van der Waals surface area contributed by atoms with Gasteiger partial charge in [0.1, 0.15) is 6.04 Å². The fourth-order valence-electron chi connectivity index (χ4n) is 1.94. The summed E-state index contributed by atoms with van der Waals surface area (Å²) in [6, 6.07) is 7.82. The highest BCUT2D eigenvalue weighted by Crippen LogP contribution is 2.34. The van der Waals surface area contributed by atoms with Crippen molar-refractivity contribution in [2.24, 2.45) is 5.73 Å². The van der Waals surface area contributed by atoms with Gasteiger partial charge in [-0.15, -0.1) is 11.3 Å². The largest absolute Gasteiger partial charge is 0.468 e. The minimum atomic E-state index is -4.37. The number of halogens is 3. The minimum Gasteiger partial charge on any atom is -0.468 e. The van der Waals surface area contributed by atoms with Gasteiger partial charge in [-0.1, -0.05) is 12.1 Å². The van der Waals surface area contributed by atoms with Crippen LogP contribution in [-0.4, -0.2) is 19.1 Å². The van der Waals surface area contributed by atoms with Crippen molar-refractivity contribution in [3.8, 4) is 10.4 Å². The summed E-state index contributed by atoms with van der Waals surface area (Å²) in [5, 5.41) is 0. The van der Waals surface area contributed by atoms with E-state index in [0.29, 0.717) is 10.4 Å². The average molecular weight is 329 g/mol. The molecule has 2 rings (SSSR count). The predicted octanol–water partition coefficient (Wildman–Crippen LogP) is 3.48. The zero-order chi connectivity index (χ0) is 16.3. The SMILES string of the molecule is COC(=O)C(N)Cc1ccc(-c2cccc(C(F)(F)F)c2)s1. The van der Waals surface area contributed by atoms with Crippen LogP contribution in [0.2, 0.25) is 0 Å². The molecule has 2 aromatic rings. The number of alkyl halides is 3. The molecule has 0 saturated carbocycles. The molecular weight excluding hydrogens is 315 g/mol. The molecule has 7 heteroatoms. The molecule has 118 valence electrons. The summed E-state index contributed by atoms with van der Waals surface area (Å²) in [5.74, 6) is -0.519. The molecular formula is C15H14F3NO2S. The minimum absolute atomic E-state index is 0.288. The Hall–Kier alpha value is -1.86. The van der Waals surface area contributed by atoms with E-state index in [2.05, 4.69) is 4.74 Å². The van der Waals surface area contributed by atoms with E-state index >= 15 is 0 Å². The van der Waals surface area contributed by atoms with Gasteiger partial charge >= 0.3 is 12.1 Å². The summed E-state index contributed by atoms with van der Waals surface area (Å²) >= 11 is 1.31. The zero-order valence-corrected chi connectivity index (χ0v) is 12.5. The third-order valence-corrected chi connectivity index (χ3v) is 4.22. The Kier molecular flexibility index (Phi) is 4.87. The van der Waals surface area contributed by atoms with E-state index in [1.54, 1.807) is 18.2 Å². The van der Waals surface area contributed by atoms with Crippen LogP contribution in [0.3, 0.4) is 0 Å². The van der Waals surface area contributed by atoms with E-state index in [1.165, 1.54) is 24.5 Å². The monoisotopic (exact) mass is 329 g/mol. The van der Waals surface area contributed by atoms with E-state index in [1.807, 2.05) is 0 Å². The van der Waals surface area contributed by atoms with Crippen LogP contribution in [0.4, 0.5) is 13.2 Å². The van der Waals surface area contributed by atoms with Crippen LogP contribution in [-0.2, 0) is 22.1 Å². The second-order valence-electron chi connectivity index (χ2n) is 4.68. The maximum Gasteiger partial charge on any atom is 0.416 e. The fourth-order valence-corrected chi connectivity index (χ4v) is 3.01. The molecule has 1 heterocycles. The lowest BCUT2D eigenvalue weighted by atomic mass is 10.1. The summed E-state index contributed by atoms with van der Waals surface area (Å²) in [5.41, 5.74) is 5.47. The fraction of sp³-hybridized carbons (Fsp3) is 0.267. The van der Waals surface area contributed by atoms with Crippen molar-refractivity contribution in [3.05, 3.63) is 46.8 Å². The Morgan fingerprint density at radius 3 is 2.68 bits per heavy atom. The number of methoxy groups -OCH3 is 1. The molecule has 0 aliphatic rings. The molecule has 3 nitrogen and oxygen atoms in total. The Labute approximate surface area is 129 Å². The summed E-state index contributed by atoms with van der Waals surface area (Å²) in [7, 11) is 1.25. The number of hydrogen-bond donors (Lipinski definition) is 1. The zero-order valence-electron chi connectivity index (χ0n) is 11.7. The quantitative estimate of drug-likeness (QED) is 0.874. The third-order valence-electron chi connectivity index (χ3n) is 3.06. The molecule has 0 saturated heterocycles. The van der Waals surface area contributed by atoms with E-state index < -0.39 is 23.8 Å². The van der Waals surface area contributed by atoms with E-state index in [9.17, 15) is 18.0 Å². The number of thiophene rings is 1. The first-order valence-electron chi connectivity index (χ1n) is 6.41. The third kappa shape index (κ3) is 3.86. The standard InChI is InChI=1S/C15H14F3NO2S/c1-21-14(20)12(19)8-11-5-6-13(22-11)9-3-2-4-10(7-9)15(16,17)18/h2-7,12H,8,19H2,1H3. The van der Waals surface area contributed by atoms with Crippen molar-refractivity contribution >= 4 is 17.3 Å². The van der Waals surface area contributed by atoms with Gasteiger partial charge in [0.15, 0.2) is 0 Å². The van der Waals surface area contributed by atoms with Crippen molar-refractivity contribution in [1.82, 2.24) is 0 Å². The van der Waals surface area contributed by atoms with Crippen molar-refractivity contribution in [2.75, 3.05) is 7.11 Å². The molecule has 0 spiro atoms. The lowest BCUT2D eigenvalue weighted by molar-refractivity contribution is -0.142. The molecule has 0 fully saturated rings. The number of carbonyl (C=O) groups is 1. The van der Waals surface area contributed by atoms with Crippen LogP contribution < -0.4 is 5.73 Å². The van der Waals surface area contributed by atoms with Crippen LogP contribution in [0.25, 0.3) is 10.4 Å². The van der Waals surface area contributed by atoms with Crippen molar-refractivity contribution < 1.29 is 22.7 Å². The number of esters is 1. The Morgan fingerprint density at radius 2 is 2.05 bits per heavy atom. The van der Waals surface area contributed by atoms with Crippen molar-refractivity contribution in [3.63, 3.8) is 0 Å². The molecule has 0 amide bonds. The highest BCUT2D eigenvalue weighted by molar-refractivity contribution is 7.15. The molecule has 0 bridgehead atoms. The highest BCUT2D eigenvalue weighted by atomic mass is 32.1. The van der Waals surface area contributed by atoms with Gasteiger partial charge in [0.2, 0.25) is 0 Å². The molecule has 22 heavy (non-hydrogen) atoms. The second kappa shape index (κ2) is 6.50. The van der Waals surface area contributed by atoms with Gasteiger partial charge < -0.3 is 10.5 Å². The van der Waals surface area contributed by atoms with Gasteiger partial charge in [0.05, 0.1) is 12.7 Å². The first-order valence-corrected chi connectivity index (χ1v) is 7.22. The van der Waals surface area contributed by atoms with Crippen LogP contribution >= 0.6 is 11.3 Å². The van der Waals surface area contributed by atoms with Crippen LogP contribution in [0.15, 0.2) is 36.4 Å². The summed E-state index contributed by atoms with van der Waals surface area (Å²) in [6.07, 6.45) is -4.08. The molecule has 0 radical (unpaired) electrons. The molecule has 0 aliphatic carbocycles. The summed E-state index contributed by atoms with van der Waals surface area (Å²) < 4.78 is 42.7. The van der Waals surface area contributed by atoms with Gasteiger partial charge in [0.25, 0.3) is 0 Å². The lowest BCUT2D eigenvalue weighted by Crippen LogP contribution is -2.33. The number of carbonyl (C=O) groups excluding carboxylic acids is 1. The smallest absolute Gasteiger partial charge is 0.416 e. The number of hydrogen-bond acceptors (Lipinski definition) is 4. The molecule has 1 aromatic heterocycles. The predicted molar refractivity (Wildman–Crippen MR) is 78.5 cm³/mol. The van der Waals surface area contributed by atoms with Crippen molar-refractivity contribution in [1.29, 1.82) is 0 Å². The number of rotatable bonds is 4. The number of nitrogens with two attached hydrogens (primary N) is 1. The number of ether oxygens (including phenoxy) is 1. The van der Waals surface area contributed by atoms with Gasteiger partial charge in [-0.25, -0.2) is 0 Å². The first-order chi connectivity index (χ1) is 10.3. The normalized spacial score (nSPS) is 13.0. The van der Waals surface area contributed by atoms with Gasteiger partial charge in [-0.2, -0.15) is 13.2 Å². The average Bonchev–Trinajstić information content (AvgIpc) is 2.94. The van der Waals surface area contributed by atoms with Gasteiger partial charge in [-0.05, 0) is 29.8 Å². The van der Waals surface area contributed by atoms with Crippen LogP contribution in [0.1, 0.15) is 10.4 Å². The maximum absolute atomic E-state index is 12.7. The summed E-state index contributed by atoms with van der Waals surface area (Å²) in [4.78, 5) is 12.8. The molecule has 1 atom stereocenters. The lowest BCUT2D eigenvalue weighted by Gasteiger charge is -2.08.